The standard InChI is InChI=1S/C22H24N4O2.ClH/c1-28-19-9-7-17(8-10-19)21-20(22(27)25-12-11-16(13-23)14-25)15-26(24-21)18-5-3-2-4-6-18;/h2-10,15-16H,11-14,23H2,1H3;1H. The molecule has 1 aliphatic rings. The highest BCUT2D eigenvalue weighted by molar-refractivity contribution is 6.00. The topological polar surface area (TPSA) is 73.4 Å². The summed E-state index contributed by atoms with van der Waals surface area (Å²) in [4.78, 5) is 15.2. The second kappa shape index (κ2) is 9.11. The smallest absolute Gasteiger partial charge is 0.257 e. The molecule has 1 aromatic heterocycles. The number of para-hydroxylation sites is 1. The molecule has 2 N–H and O–H groups in total. The van der Waals surface area contributed by atoms with E-state index in [4.69, 9.17) is 15.6 Å². The molecule has 2 aromatic carbocycles. The Labute approximate surface area is 176 Å². The van der Waals surface area contributed by atoms with E-state index in [9.17, 15) is 4.79 Å². The lowest BCUT2D eigenvalue weighted by molar-refractivity contribution is 0.0788. The van der Waals surface area contributed by atoms with Gasteiger partial charge in [0.2, 0.25) is 0 Å². The predicted molar refractivity (Wildman–Crippen MR) is 116 cm³/mol. The Morgan fingerprint density at radius 1 is 1.17 bits per heavy atom. The van der Waals surface area contributed by atoms with Crippen molar-refractivity contribution in [2.24, 2.45) is 11.7 Å². The molecule has 1 aliphatic heterocycles. The first kappa shape index (κ1) is 20.9. The zero-order valence-corrected chi connectivity index (χ0v) is 17.1. The van der Waals surface area contributed by atoms with Crippen LogP contribution in [0, 0.1) is 5.92 Å². The number of likely N-dealkylation sites (tertiary alicyclic amines) is 1. The van der Waals surface area contributed by atoms with Crippen molar-refractivity contribution in [1.82, 2.24) is 14.7 Å². The Morgan fingerprint density at radius 2 is 1.90 bits per heavy atom. The molecule has 29 heavy (non-hydrogen) atoms. The van der Waals surface area contributed by atoms with Crippen molar-refractivity contribution >= 4 is 18.3 Å². The first-order valence-electron chi connectivity index (χ1n) is 9.48. The normalized spacial score (nSPS) is 15.8. The van der Waals surface area contributed by atoms with E-state index in [1.165, 1.54) is 0 Å². The number of aromatic nitrogens is 2. The van der Waals surface area contributed by atoms with E-state index < -0.39 is 0 Å². The minimum Gasteiger partial charge on any atom is -0.497 e. The van der Waals surface area contributed by atoms with Crippen molar-refractivity contribution in [3.05, 3.63) is 66.4 Å². The molecule has 2 heterocycles. The van der Waals surface area contributed by atoms with Gasteiger partial charge in [-0.05, 0) is 55.3 Å². The predicted octanol–water partition coefficient (Wildman–Crippen LogP) is 3.39. The third-order valence-electron chi connectivity index (χ3n) is 5.24. The molecule has 0 aliphatic carbocycles. The number of methoxy groups -OCH3 is 1. The van der Waals surface area contributed by atoms with Crippen molar-refractivity contribution in [2.75, 3.05) is 26.7 Å². The number of carbonyl (C=O) groups is 1. The minimum atomic E-state index is 0. The summed E-state index contributed by atoms with van der Waals surface area (Å²) in [5.41, 5.74) is 8.87. The summed E-state index contributed by atoms with van der Waals surface area (Å²) in [6.45, 7) is 2.05. The van der Waals surface area contributed by atoms with Crippen LogP contribution in [0.15, 0.2) is 60.8 Å². The number of rotatable bonds is 5. The molecule has 0 spiro atoms. The molecule has 1 unspecified atom stereocenters. The number of hydrogen-bond donors (Lipinski definition) is 1. The Hall–Kier alpha value is -2.83. The summed E-state index contributed by atoms with van der Waals surface area (Å²) in [6, 6.07) is 17.4. The lowest BCUT2D eigenvalue weighted by Crippen LogP contribution is -2.30. The Morgan fingerprint density at radius 3 is 2.52 bits per heavy atom. The van der Waals surface area contributed by atoms with Crippen molar-refractivity contribution in [2.45, 2.75) is 6.42 Å². The molecule has 4 rings (SSSR count). The first-order valence-corrected chi connectivity index (χ1v) is 9.48. The number of benzene rings is 2. The monoisotopic (exact) mass is 412 g/mol. The molecular formula is C22H25ClN4O2. The van der Waals surface area contributed by atoms with Gasteiger partial charge in [-0.15, -0.1) is 12.4 Å². The van der Waals surface area contributed by atoms with Gasteiger partial charge in [-0.2, -0.15) is 5.10 Å². The van der Waals surface area contributed by atoms with Crippen LogP contribution in [0.4, 0.5) is 0 Å². The summed E-state index contributed by atoms with van der Waals surface area (Å²) >= 11 is 0. The van der Waals surface area contributed by atoms with Gasteiger partial charge >= 0.3 is 0 Å². The zero-order chi connectivity index (χ0) is 19.5. The molecule has 0 radical (unpaired) electrons. The van der Waals surface area contributed by atoms with E-state index in [0.29, 0.717) is 30.3 Å². The van der Waals surface area contributed by atoms with Gasteiger partial charge in [0.15, 0.2) is 0 Å². The fourth-order valence-electron chi connectivity index (χ4n) is 3.59. The number of halogens is 1. The molecule has 1 atom stereocenters. The van der Waals surface area contributed by atoms with Gasteiger partial charge in [0.25, 0.3) is 5.91 Å². The highest BCUT2D eigenvalue weighted by Gasteiger charge is 2.29. The number of carbonyl (C=O) groups excluding carboxylic acids is 1. The van der Waals surface area contributed by atoms with Crippen LogP contribution in [-0.2, 0) is 0 Å². The third-order valence-corrected chi connectivity index (χ3v) is 5.24. The molecule has 152 valence electrons. The average molecular weight is 413 g/mol. The van der Waals surface area contributed by atoms with Crippen LogP contribution < -0.4 is 10.5 Å². The SMILES string of the molecule is COc1ccc(-c2nn(-c3ccccc3)cc2C(=O)N2CCC(CN)C2)cc1.Cl. The van der Waals surface area contributed by atoms with E-state index in [2.05, 4.69) is 0 Å². The molecule has 1 fully saturated rings. The van der Waals surface area contributed by atoms with Gasteiger partial charge in [0.1, 0.15) is 11.4 Å². The van der Waals surface area contributed by atoms with E-state index in [0.717, 1.165) is 30.0 Å². The number of nitrogens with zero attached hydrogens (tertiary/aromatic N) is 3. The summed E-state index contributed by atoms with van der Waals surface area (Å²) in [7, 11) is 1.63. The fraction of sp³-hybridized carbons (Fsp3) is 0.273. The van der Waals surface area contributed by atoms with Gasteiger partial charge in [0, 0.05) is 24.8 Å². The van der Waals surface area contributed by atoms with Crippen molar-refractivity contribution < 1.29 is 9.53 Å². The molecular weight excluding hydrogens is 388 g/mol. The van der Waals surface area contributed by atoms with E-state index >= 15 is 0 Å². The number of hydrogen-bond acceptors (Lipinski definition) is 4. The highest BCUT2D eigenvalue weighted by Crippen LogP contribution is 2.28. The van der Waals surface area contributed by atoms with Crippen LogP contribution in [-0.4, -0.2) is 47.3 Å². The molecule has 3 aromatic rings. The van der Waals surface area contributed by atoms with E-state index in [-0.39, 0.29) is 18.3 Å². The van der Waals surface area contributed by atoms with Crippen LogP contribution in [0.5, 0.6) is 5.75 Å². The second-order valence-electron chi connectivity index (χ2n) is 7.04. The summed E-state index contributed by atoms with van der Waals surface area (Å²) < 4.78 is 7.02. The average Bonchev–Trinajstić information content (AvgIpc) is 3.41. The maximum Gasteiger partial charge on any atom is 0.257 e. The highest BCUT2D eigenvalue weighted by atomic mass is 35.5. The van der Waals surface area contributed by atoms with Crippen LogP contribution in [0.3, 0.4) is 0 Å². The maximum atomic E-state index is 13.3. The Kier molecular flexibility index (Phi) is 6.56. The molecule has 1 amide bonds. The van der Waals surface area contributed by atoms with Gasteiger partial charge in [-0.3, -0.25) is 4.79 Å². The third kappa shape index (κ3) is 4.28. The van der Waals surface area contributed by atoms with Crippen molar-refractivity contribution in [1.29, 1.82) is 0 Å². The number of ether oxygens (including phenoxy) is 1. The van der Waals surface area contributed by atoms with E-state index in [1.54, 1.807) is 11.8 Å². The quantitative estimate of drug-likeness (QED) is 0.697. The Bertz CT molecular complexity index is 957. The molecule has 1 saturated heterocycles. The van der Waals surface area contributed by atoms with Gasteiger partial charge in [-0.25, -0.2) is 4.68 Å². The summed E-state index contributed by atoms with van der Waals surface area (Å²) in [5, 5.41) is 4.74. The zero-order valence-electron chi connectivity index (χ0n) is 16.3. The van der Waals surface area contributed by atoms with Crippen LogP contribution in [0.1, 0.15) is 16.8 Å². The Balaban J connectivity index is 0.00000240. The first-order chi connectivity index (χ1) is 13.7. The van der Waals surface area contributed by atoms with Crippen LogP contribution >= 0.6 is 12.4 Å². The second-order valence-corrected chi connectivity index (χ2v) is 7.04. The van der Waals surface area contributed by atoms with Crippen LogP contribution in [0.2, 0.25) is 0 Å². The number of nitrogens with two attached hydrogens (primary N) is 1. The minimum absolute atomic E-state index is 0. The van der Waals surface area contributed by atoms with Gasteiger partial charge < -0.3 is 15.4 Å². The summed E-state index contributed by atoms with van der Waals surface area (Å²) in [6.07, 6.45) is 2.78. The number of amides is 1. The molecule has 6 nitrogen and oxygen atoms in total. The molecule has 0 bridgehead atoms. The van der Waals surface area contributed by atoms with Crippen molar-refractivity contribution in [3.63, 3.8) is 0 Å². The van der Waals surface area contributed by atoms with E-state index in [1.807, 2.05) is 65.7 Å². The maximum absolute atomic E-state index is 13.3. The molecule has 0 saturated carbocycles. The lowest BCUT2D eigenvalue weighted by atomic mass is 10.1. The fourth-order valence-corrected chi connectivity index (χ4v) is 3.59. The van der Waals surface area contributed by atoms with Gasteiger partial charge in [0.05, 0.1) is 18.4 Å². The van der Waals surface area contributed by atoms with Gasteiger partial charge in [-0.1, -0.05) is 18.2 Å². The molecule has 7 heteroatoms. The largest absolute Gasteiger partial charge is 0.497 e. The summed E-state index contributed by atoms with van der Waals surface area (Å²) in [5.74, 6) is 1.14. The van der Waals surface area contributed by atoms with Crippen LogP contribution in [0.25, 0.3) is 16.9 Å². The van der Waals surface area contributed by atoms with Crippen molar-refractivity contribution in [3.8, 4) is 22.7 Å². The lowest BCUT2D eigenvalue weighted by Gasteiger charge is -2.16.